The highest BCUT2D eigenvalue weighted by molar-refractivity contribution is 5.68. The van der Waals surface area contributed by atoms with Gasteiger partial charge in [-0.2, -0.15) is 5.10 Å². The molecule has 0 aliphatic rings. The molecule has 0 aliphatic heterocycles. The minimum Gasteiger partial charge on any atom is -0.497 e. The molecule has 1 aromatic heterocycles. The van der Waals surface area contributed by atoms with Crippen LogP contribution in [0.3, 0.4) is 0 Å². The first-order valence-electron chi connectivity index (χ1n) is 6.72. The molecule has 0 fully saturated rings. The number of nitrogens with one attached hydrogen (secondary N) is 1. The molecule has 0 aliphatic carbocycles. The fourth-order valence-corrected chi connectivity index (χ4v) is 2.11. The number of benzene rings is 2. The van der Waals surface area contributed by atoms with Crippen LogP contribution in [0, 0.1) is 0 Å². The van der Waals surface area contributed by atoms with Gasteiger partial charge in [0.25, 0.3) is 0 Å². The van der Waals surface area contributed by atoms with Crippen molar-refractivity contribution in [1.29, 1.82) is 0 Å². The van der Waals surface area contributed by atoms with Gasteiger partial charge in [-0.1, -0.05) is 30.3 Å². The predicted molar refractivity (Wildman–Crippen MR) is 81.3 cm³/mol. The molecule has 3 aromatic rings. The van der Waals surface area contributed by atoms with Crippen molar-refractivity contribution < 1.29 is 9.47 Å². The maximum Gasteiger partial charge on any atom is 0.132 e. The van der Waals surface area contributed by atoms with Gasteiger partial charge in [-0.25, -0.2) is 0 Å². The van der Waals surface area contributed by atoms with E-state index in [-0.39, 0.29) is 0 Å². The van der Waals surface area contributed by atoms with E-state index in [2.05, 4.69) is 10.2 Å². The third kappa shape index (κ3) is 3.05. The van der Waals surface area contributed by atoms with Gasteiger partial charge in [0.05, 0.1) is 12.8 Å². The number of nitrogens with zero attached hydrogens (tertiary/aromatic N) is 1. The van der Waals surface area contributed by atoms with Crippen LogP contribution >= 0.6 is 0 Å². The Labute approximate surface area is 123 Å². The topological polar surface area (TPSA) is 47.1 Å². The van der Waals surface area contributed by atoms with Crippen molar-refractivity contribution in [3.63, 3.8) is 0 Å². The SMILES string of the molecule is COc1ccc(-c2cc[nH]n2)c(OCc2ccccc2)c1. The number of aromatic amines is 1. The second-order valence-corrected chi connectivity index (χ2v) is 4.60. The molecule has 2 aromatic carbocycles. The molecule has 0 radical (unpaired) electrons. The summed E-state index contributed by atoms with van der Waals surface area (Å²) in [5.41, 5.74) is 2.90. The second kappa shape index (κ2) is 6.13. The highest BCUT2D eigenvalue weighted by Gasteiger charge is 2.10. The maximum atomic E-state index is 5.96. The van der Waals surface area contributed by atoms with Gasteiger partial charge in [0.15, 0.2) is 0 Å². The van der Waals surface area contributed by atoms with E-state index in [9.17, 15) is 0 Å². The zero-order valence-corrected chi connectivity index (χ0v) is 11.7. The van der Waals surface area contributed by atoms with Gasteiger partial charge in [0.2, 0.25) is 0 Å². The number of rotatable bonds is 5. The van der Waals surface area contributed by atoms with Crippen molar-refractivity contribution in [3.8, 4) is 22.8 Å². The number of H-pyrrole nitrogens is 1. The number of hydrogen-bond acceptors (Lipinski definition) is 3. The summed E-state index contributed by atoms with van der Waals surface area (Å²) in [5, 5.41) is 7.03. The van der Waals surface area contributed by atoms with E-state index in [1.807, 2.05) is 54.6 Å². The van der Waals surface area contributed by atoms with Crippen LogP contribution in [0.5, 0.6) is 11.5 Å². The fraction of sp³-hybridized carbons (Fsp3) is 0.118. The molecule has 0 atom stereocenters. The Hall–Kier alpha value is -2.75. The summed E-state index contributed by atoms with van der Waals surface area (Å²) in [4.78, 5) is 0. The van der Waals surface area contributed by atoms with Crippen molar-refractivity contribution in [2.24, 2.45) is 0 Å². The summed E-state index contributed by atoms with van der Waals surface area (Å²) >= 11 is 0. The average Bonchev–Trinajstić information content (AvgIpc) is 3.08. The van der Waals surface area contributed by atoms with Gasteiger partial charge in [-0.05, 0) is 23.8 Å². The van der Waals surface area contributed by atoms with E-state index in [4.69, 9.17) is 9.47 Å². The van der Waals surface area contributed by atoms with Crippen molar-refractivity contribution in [2.75, 3.05) is 7.11 Å². The minimum atomic E-state index is 0.505. The van der Waals surface area contributed by atoms with Crippen LogP contribution in [0.1, 0.15) is 5.56 Å². The van der Waals surface area contributed by atoms with Gasteiger partial charge in [-0.3, -0.25) is 5.10 Å². The Bertz CT molecular complexity index is 694. The van der Waals surface area contributed by atoms with Gasteiger partial charge >= 0.3 is 0 Å². The molecule has 1 N–H and O–H groups in total. The quantitative estimate of drug-likeness (QED) is 0.775. The maximum absolute atomic E-state index is 5.96. The molecule has 3 rings (SSSR count). The lowest BCUT2D eigenvalue weighted by atomic mass is 10.1. The van der Waals surface area contributed by atoms with Crippen LogP contribution in [0.4, 0.5) is 0 Å². The summed E-state index contributed by atoms with van der Waals surface area (Å²) < 4.78 is 11.2. The molecule has 1 heterocycles. The standard InChI is InChI=1S/C17H16N2O2/c1-20-14-7-8-15(16-9-10-18-19-16)17(11-14)21-12-13-5-3-2-4-6-13/h2-11H,12H2,1H3,(H,18,19). The fourth-order valence-electron chi connectivity index (χ4n) is 2.11. The molecule has 21 heavy (non-hydrogen) atoms. The Morgan fingerprint density at radius 2 is 1.90 bits per heavy atom. The first-order valence-corrected chi connectivity index (χ1v) is 6.72. The molecule has 4 heteroatoms. The van der Waals surface area contributed by atoms with E-state index in [0.29, 0.717) is 6.61 Å². The lowest BCUT2D eigenvalue weighted by Crippen LogP contribution is -1.97. The van der Waals surface area contributed by atoms with Gasteiger partial charge in [0, 0.05) is 17.8 Å². The van der Waals surface area contributed by atoms with Crippen molar-refractivity contribution in [3.05, 3.63) is 66.4 Å². The van der Waals surface area contributed by atoms with Crippen LogP contribution in [-0.4, -0.2) is 17.3 Å². The molecule has 4 nitrogen and oxygen atoms in total. The Balaban J connectivity index is 1.88. The lowest BCUT2D eigenvalue weighted by Gasteiger charge is -2.12. The van der Waals surface area contributed by atoms with Crippen molar-refractivity contribution >= 4 is 0 Å². The second-order valence-electron chi connectivity index (χ2n) is 4.60. The summed E-state index contributed by atoms with van der Waals surface area (Å²) in [5.74, 6) is 1.52. The van der Waals surface area contributed by atoms with Crippen LogP contribution < -0.4 is 9.47 Å². The zero-order chi connectivity index (χ0) is 14.5. The first-order chi connectivity index (χ1) is 10.4. The van der Waals surface area contributed by atoms with Crippen LogP contribution in [0.25, 0.3) is 11.3 Å². The Morgan fingerprint density at radius 1 is 1.05 bits per heavy atom. The highest BCUT2D eigenvalue weighted by atomic mass is 16.5. The summed E-state index contributed by atoms with van der Waals surface area (Å²) in [6, 6.07) is 17.7. The normalized spacial score (nSPS) is 10.3. The van der Waals surface area contributed by atoms with Crippen molar-refractivity contribution in [2.45, 2.75) is 6.61 Å². The molecule has 0 saturated carbocycles. The number of aromatic nitrogens is 2. The molecule has 0 spiro atoms. The summed E-state index contributed by atoms with van der Waals surface area (Å²) in [6.45, 7) is 0.505. The average molecular weight is 280 g/mol. The minimum absolute atomic E-state index is 0.505. The third-order valence-electron chi connectivity index (χ3n) is 3.20. The number of methoxy groups -OCH3 is 1. The summed E-state index contributed by atoms with van der Waals surface area (Å²) in [7, 11) is 1.64. The third-order valence-corrected chi connectivity index (χ3v) is 3.20. The van der Waals surface area contributed by atoms with Crippen molar-refractivity contribution in [1.82, 2.24) is 10.2 Å². The van der Waals surface area contributed by atoms with Crippen LogP contribution in [0.15, 0.2) is 60.8 Å². The number of hydrogen-bond donors (Lipinski definition) is 1. The molecule has 0 unspecified atom stereocenters. The Kier molecular flexibility index (Phi) is 3.87. The van der Waals surface area contributed by atoms with Gasteiger partial charge < -0.3 is 9.47 Å². The predicted octanol–water partition coefficient (Wildman–Crippen LogP) is 3.66. The van der Waals surface area contributed by atoms with E-state index < -0.39 is 0 Å². The van der Waals surface area contributed by atoms with E-state index in [1.54, 1.807) is 13.3 Å². The highest BCUT2D eigenvalue weighted by Crippen LogP contribution is 2.32. The molecular formula is C17H16N2O2. The largest absolute Gasteiger partial charge is 0.497 e. The molecule has 106 valence electrons. The van der Waals surface area contributed by atoms with E-state index >= 15 is 0 Å². The first kappa shape index (κ1) is 13.2. The monoisotopic (exact) mass is 280 g/mol. The zero-order valence-electron chi connectivity index (χ0n) is 11.7. The number of ether oxygens (including phenoxy) is 2. The molecule has 0 saturated heterocycles. The molecular weight excluding hydrogens is 264 g/mol. The molecule has 0 bridgehead atoms. The van der Waals surface area contributed by atoms with Crippen LogP contribution in [0.2, 0.25) is 0 Å². The summed E-state index contributed by atoms with van der Waals surface area (Å²) in [6.07, 6.45) is 1.79. The van der Waals surface area contributed by atoms with Gasteiger partial charge in [0.1, 0.15) is 18.1 Å². The van der Waals surface area contributed by atoms with E-state index in [0.717, 1.165) is 28.3 Å². The smallest absolute Gasteiger partial charge is 0.132 e. The Morgan fingerprint density at radius 3 is 2.62 bits per heavy atom. The lowest BCUT2D eigenvalue weighted by molar-refractivity contribution is 0.305. The van der Waals surface area contributed by atoms with E-state index in [1.165, 1.54) is 0 Å². The molecule has 0 amide bonds. The van der Waals surface area contributed by atoms with Crippen LogP contribution in [-0.2, 0) is 6.61 Å². The van der Waals surface area contributed by atoms with Gasteiger partial charge in [-0.15, -0.1) is 0 Å².